The number of likely N-dealkylation sites (tertiary alicyclic amines) is 1. The Balaban J connectivity index is 1.27. The van der Waals surface area contributed by atoms with E-state index in [1.807, 2.05) is 24.3 Å². The third-order valence-corrected chi connectivity index (χ3v) is 5.46. The highest BCUT2D eigenvalue weighted by Gasteiger charge is 2.23. The van der Waals surface area contributed by atoms with E-state index in [-0.39, 0.29) is 25.3 Å². The van der Waals surface area contributed by atoms with Gasteiger partial charge in [0.2, 0.25) is 12.7 Å². The first-order chi connectivity index (χ1) is 14.7. The lowest BCUT2D eigenvalue weighted by molar-refractivity contribution is -0.117. The lowest BCUT2D eigenvalue weighted by Crippen LogP contribution is -2.42. The summed E-state index contributed by atoms with van der Waals surface area (Å²) in [7, 11) is 1.63. The van der Waals surface area contributed by atoms with Crippen LogP contribution in [0.4, 0.5) is 11.4 Å². The first-order valence-electron chi connectivity index (χ1n) is 10.1. The summed E-state index contributed by atoms with van der Waals surface area (Å²) in [5.74, 6) is 2.03. The zero-order valence-corrected chi connectivity index (χ0v) is 17.0. The van der Waals surface area contributed by atoms with Crippen LogP contribution in [0.15, 0.2) is 36.4 Å². The van der Waals surface area contributed by atoms with E-state index in [1.165, 1.54) is 0 Å². The molecular weight excluding hydrogens is 386 g/mol. The number of methoxy groups -OCH3 is 1. The summed E-state index contributed by atoms with van der Waals surface area (Å²) in [6.45, 7) is 2.14. The van der Waals surface area contributed by atoms with E-state index < -0.39 is 0 Å². The van der Waals surface area contributed by atoms with Crippen molar-refractivity contribution in [2.45, 2.75) is 25.5 Å². The van der Waals surface area contributed by atoms with Gasteiger partial charge >= 0.3 is 0 Å². The summed E-state index contributed by atoms with van der Waals surface area (Å²) in [5.41, 5.74) is 2.37. The molecule has 0 unspecified atom stereocenters. The van der Waals surface area contributed by atoms with Crippen LogP contribution in [-0.2, 0) is 11.4 Å². The molecule has 0 aliphatic carbocycles. The second kappa shape index (κ2) is 9.23. The number of para-hydroxylation sites is 1. The largest absolute Gasteiger partial charge is 0.495 e. The summed E-state index contributed by atoms with van der Waals surface area (Å²) in [6, 6.07) is 11.3. The summed E-state index contributed by atoms with van der Waals surface area (Å²) in [4.78, 5) is 14.6. The average molecular weight is 413 g/mol. The molecule has 8 nitrogen and oxygen atoms in total. The van der Waals surface area contributed by atoms with Gasteiger partial charge in [0, 0.05) is 36.4 Å². The van der Waals surface area contributed by atoms with E-state index in [2.05, 4.69) is 15.5 Å². The Morgan fingerprint density at radius 2 is 2.00 bits per heavy atom. The number of carbonyl (C=O) groups is 1. The Morgan fingerprint density at radius 1 is 1.20 bits per heavy atom. The van der Waals surface area contributed by atoms with Crippen LogP contribution < -0.4 is 24.8 Å². The van der Waals surface area contributed by atoms with Crippen molar-refractivity contribution in [2.75, 3.05) is 44.2 Å². The molecular formula is C22H27N3O5. The minimum atomic E-state index is -0.0485. The Bertz CT molecular complexity index is 874. The molecule has 0 saturated carbocycles. The van der Waals surface area contributed by atoms with Crippen molar-refractivity contribution in [3.05, 3.63) is 42.0 Å². The fourth-order valence-electron chi connectivity index (χ4n) is 3.86. The molecule has 1 fully saturated rings. The number of rotatable bonds is 7. The van der Waals surface area contributed by atoms with Gasteiger partial charge in [0.15, 0.2) is 11.5 Å². The number of ether oxygens (including phenoxy) is 3. The Kier molecular flexibility index (Phi) is 6.25. The summed E-state index contributed by atoms with van der Waals surface area (Å²) in [5, 5.41) is 16.1. The van der Waals surface area contributed by atoms with Crippen molar-refractivity contribution < 1.29 is 24.1 Å². The van der Waals surface area contributed by atoms with E-state index in [0.717, 1.165) is 42.9 Å². The third kappa shape index (κ3) is 4.60. The zero-order chi connectivity index (χ0) is 20.9. The minimum Gasteiger partial charge on any atom is -0.495 e. The summed E-state index contributed by atoms with van der Waals surface area (Å²) in [6.07, 6.45) is 1.81. The lowest BCUT2D eigenvalue weighted by Gasteiger charge is -2.33. The quantitative estimate of drug-likeness (QED) is 0.642. The number of hydrogen-bond donors (Lipinski definition) is 3. The molecule has 2 aliphatic heterocycles. The van der Waals surface area contributed by atoms with Crippen molar-refractivity contribution in [1.82, 2.24) is 4.90 Å². The highest BCUT2D eigenvalue weighted by atomic mass is 16.7. The van der Waals surface area contributed by atoms with Gasteiger partial charge in [0.05, 0.1) is 25.9 Å². The fraction of sp³-hybridized carbons (Fsp3) is 0.409. The number of anilines is 2. The van der Waals surface area contributed by atoms with Crippen LogP contribution in [0.1, 0.15) is 18.4 Å². The number of nitrogens with one attached hydrogen (secondary N) is 2. The van der Waals surface area contributed by atoms with Gasteiger partial charge in [-0.05, 0) is 31.0 Å². The third-order valence-electron chi connectivity index (χ3n) is 5.46. The number of aliphatic hydroxyl groups excluding tert-OH is 1. The van der Waals surface area contributed by atoms with Crippen LogP contribution in [0.25, 0.3) is 0 Å². The second-order valence-corrected chi connectivity index (χ2v) is 7.46. The zero-order valence-electron chi connectivity index (χ0n) is 17.0. The van der Waals surface area contributed by atoms with Crippen molar-refractivity contribution >= 4 is 17.3 Å². The van der Waals surface area contributed by atoms with Crippen molar-refractivity contribution in [3.63, 3.8) is 0 Å². The maximum Gasteiger partial charge on any atom is 0.238 e. The van der Waals surface area contributed by atoms with Gasteiger partial charge in [-0.2, -0.15) is 0 Å². The minimum absolute atomic E-state index is 0.0432. The molecule has 0 radical (unpaired) electrons. The van der Waals surface area contributed by atoms with Crippen molar-refractivity contribution in [2.24, 2.45) is 0 Å². The molecule has 0 bridgehead atoms. The van der Waals surface area contributed by atoms with Crippen LogP contribution in [0.2, 0.25) is 0 Å². The molecule has 8 heteroatoms. The molecule has 0 aromatic heterocycles. The molecule has 160 valence electrons. The summed E-state index contributed by atoms with van der Waals surface area (Å²) < 4.78 is 16.1. The molecule has 3 N–H and O–H groups in total. The van der Waals surface area contributed by atoms with Crippen LogP contribution in [0, 0.1) is 0 Å². The standard InChI is InChI=1S/C22H27N3O5/c1-28-19-4-2-3-15(13-26)22(19)24-16-7-9-25(10-8-16)12-21(27)23-17-5-6-18-20(11-17)30-14-29-18/h2-6,11,16,24,26H,7-10,12-14H2,1H3,(H,23,27). The second-order valence-electron chi connectivity index (χ2n) is 7.46. The Hall–Kier alpha value is -2.97. The number of fused-ring (bicyclic) bond motifs is 1. The van der Waals surface area contributed by atoms with Gasteiger partial charge in [-0.3, -0.25) is 9.69 Å². The van der Waals surface area contributed by atoms with E-state index in [4.69, 9.17) is 14.2 Å². The van der Waals surface area contributed by atoms with Crippen LogP contribution in [0.5, 0.6) is 17.2 Å². The van der Waals surface area contributed by atoms with Crippen LogP contribution >= 0.6 is 0 Å². The van der Waals surface area contributed by atoms with Crippen LogP contribution in [-0.4, -0.2) is 55.5 Å². The fourth-order valence-corrected chi connectivity index (χ4v) is 3.86. The van der Waals surface area contributed by atoms with Gasteiger partial charge in [-0.25, -0.2) is 0 Å². The van der Waals surface area contributed by atoms with Crippen molar-refractivity contribution in [1.29, 1.82) is 0 Å². The van der Waals surface area contributed by atoms with Gasteiger partial charge in [-0.15, -0.1) is 0 Å². The first-order valence-corrected chi connectivity index (χ1v) is 10.1. The molecule has 1 saturated heterocycles. The monoisotopic (exact) mass is 413 g/mol. The predicted molar refractivity (Wildman–Crippen MR) is 113 cm³/mol. The highest BCUT2D eigenvalue weighted by Crippen LogP contribution is 2.34. The van der Waals surface area contributed by atoms with Gasteiger partial charge in [0.1, 0.15) is 5.75 Å². The number of nitrogens with zero attached hydrogens (tertiary/aromatic N) is 1. The maximum absolute atomic E-state index is 12.4. The normalized spacial score (nSPS) is 16.3. The van der Waals surface area contributed by atoms with E-state index in [0.29, 0.717) is 23.7 Å². The number of aliphatic hydroxyl groups is 1. The van der Waals surface area contributed by atoms with Crippen molar-refractivity contribution in [3.8, 4) is 17.2 Å². The van der Waals surface area contributed by atoms with Gasteiger partial charge in [0.25, 0.3) is 0 Å². The molecule has 4 rings (SSSR count). The number of piperidine rings is 1. The smallest absolute Gasteiger partial charge is 0.238 e. The maximum atomic E-state index is 12.4. The lowest BCUT2D eigenvalue weighted by atomic mass is 10.0. The topological polar surface area (TPSA) is 92.3 Å². The van der Waals surface area contributed by atoms with E-state index in [1.54, 1.807) is 19.2 Å². The molecule has 30 heavy (non-hydrogen) atoms. The van der Waals surface area contributed by atoms with E-state index >= 15 is 0 Å². The van der Waals surface area contributed by atoms with Gasteiger partial charge < -0.3 is 30.0 Å². The molecule has 2 aromatic carbocycles. The number of hydrogen-bond acceptors (Lipinski definition) is 7. The Morgan fingerprint density at radius 3 is 2.77 bits per heavy atom. The van der Waals surface area contributed by atoms with Gasteiger partial charge in [-0.1, -0.05) is 12.1 Å². The molecule has 2 heterocycles. The SMILES string of the molecule is COc1cccc(CO)c1NC1CCN(CC(=O)Nc2ccc3c(c2)OCO3)CC1. The Labute approximate surface area is 175 Å². The number of benzene rings is 2. The van der Waals surface area contributed by atoms with E-state index in [9.17, 15) is 9.90 Å². The molecule has 1 amide bonds. The molecule has 2 aromatic rings. The number of amides is 1. The average Bonchev–Trinajstić information content (AvgIpc) is 3.23. The molecule has 0 spiro atoms. The summed E-state index contributed by atoms with van der Waals surface area (Å²) >= 11 is 0. The molecule has 0 atom stereocenters. The number of carbonyl (C=O) groups excluding carboxylic acids is 1. The van der Waals surface area contributed by atoms with Crippen LogP contribution in [0.3, 0.4) is 0 Å². The molecule has 2 aliphatic rings. The predicted octanol–water partition coefficient (Wildman–Crippen LogP) is 2.43. The first kappa shape index (κ1) is 20.3. The highest BCUT2D eigenvalue weighted by molar-refractivity contribution is 5.92.